The summed E-state index contributed by atoms with van der Waals surface area (Å²) in [5, 5.41) is 0. The van der Waals surface area contributed by atoms with E-state index in [0.717, 1.165) is 29.5 Å². The van der Waals surface area contributed by atoms with Crippen molar-refractivity contribution in [2.24, 2.45) is 5.73 Å². The van der Waals surface area contributed by atoms with Crippen molar-refractivity contribution in [2.45, 2.75) is 102 Å². The van der Waals surface area contributed by atoms with Gasteiger partial charge in [-0.15, -0.1) is 0 Å². The summed E-state index contributed by atoms with van der Waals surface area (Å²) in [7, 11) is 0. The molecule has 0 fully saturated rings. The van der Waals surface area contributed by atoms with Gasteiger partial charge < -0.3 is 5.73 Å². The number of unbranched alkanes of at least 4 members (excludes halogenated alkanes) is 12. The molecule has 0 heterocycles. The van der Waals surface area contributed by atoms with Crippen LogP contribution in [0.5, 0.6) is 0 Å². The number of primary amides is 1. The predicted octanol–water partition coefficient (Wildman–Crippen LogP) is 8.50. The molecule has 2 nitrogen and oxygen atoms in total. The monoisotopic (exact) mass is 447 g/mol. The first kappa shape index (κ1) is 26.9. The minimum atomic E-state index is -0.973. The van der Waals surface area contributed by atoms with Crippen LogP contribution in [0.15, 0.2) is 72.8 Å². The summed E-state index contributed by atoms with van der Waals surface area (Å²) in [6, 6.07) is 19.8. The van der Waals surface area contributed by atoms with Crippen molar-refractivity contribution in [3.8, 4) is 0 Å². The summed E-state index contributed by atoms with van der Waals surface area (Å²) in [6.45, 7) is 6.67. The quantitative estimate of drug-likeness (QED) is 0.181. The first-order chi connectivity index (χ1) is 16.1. The molecule has 0 bridgehead atoms. The molecule has 2 aromatic carbocycles. The Labute approximate surface area is 202 Å². The molecule has 0 saturated carbocycles. The fraction of sp³-hybridized carbons (Fsp3) is 0.516. The highest BCUT2D eigenvalue weighted by atomic mass is 16.1. The van der Waals surface area contributed by atoms with Gasteiger partial charge in [0.15, 0.2) is 0 Å². The SMILES string of the molecule is C=C(CCCCCCCCCCCCCCC)C(C(N)=O)(c1ccccc1)c1ccccc1. The molecule has 0 unspecified atom stereocenters. The van der Waals surface area contributed by atoms with Gasteiger partial charge >= 0.3 is 0 Å². The second kappa shape index (κ2) is 15.5. The normalized spacial score (nSPS) is 11.4. The molecule has 2 heteroatoms. The molecule has 0 aliphatic rings. The van der Waals surface area contributed by atoms with Crippen molar-refractivity contribution in [3.05, 3.63) is 83.9 Å². The van der Waals surface area contributed by atoms with Gasteiger partial charge in [-0.25, -0.2) is 0 Å². The predicted molar refractivity (Wildman–Crippen MR) is 142 cm³/mol. The van der Waals surface area contributed by atoms with Crippen LogP contribution >= 0.6 is 0 Å². The van der Waals surface area contributed by atoms with Crippen molar-refractivity contribution in [1.82, 2.24) is 0 Å². The highest BCUT2D eigenvalue weighted by Crippen LogP contribution is 2.40. The van der Waals surface area contributed by atoms with E-state index >= 15 is 0 Å². The zero-order valence-electron chi connectivity index (χ0n) is 20.9. The van der Waals surface area contributed by atoms with Crippen LogP contribution in [0.4, 0.5) is 0 Å². The smallest absolute Gasteiger partial charge is 0.236 e. The third-order valence-electron chi connectivity index (χ3n) is 6.90. The molecule has 0 aliphatic carbocycles. The Kier molecular flexibility index (Phi) is 12.6. The molecular formula is C31H45NO. The van der Waals surface area contributed by atoms with Gasteiger partial charge in [0.2, 0.25) is 5.91 Å². The first-order valence-electron chi connectivity index (χ1n) is 13.2. The van der Waals surface area contributed by atoms with E-state index < -0.39 is 5.41 Å². The van der Waals surface area contributed by atoms with Crippen molar-refractivity contribution in [3.63, 3.8) is 0 Å². The summed E-state index contributed by atoms with van der Waals surface area (Å²) in [5.74, 6) is -0.348. The van der Waals surface area contributed by atoms with Crippen LogP contribution in [0.3, 0.4) is 0 Å². The Balaban J connectivity index is 1.80. The standard InChI is InChI=1S/C31H45NO/c1-3-4-5-6-7-8-9-10-11-12-13-14-17-22-27(2)31(30(32)33,28-23-18-15-19-24-28)29-25-20-16-21-26-29/h15-16,18-21,23-26H,2-14,17,22H2,1H3,(H2,32,33). The topological polar surface area (TPSA) is 43.1 Å². The number of carbonyl (C=O) groups is 1. The summed E-state index contributed by atoms with van der Waals surface area (Å²) in [4.78, 5) is 13.0. The van der Waals surface area contributed by atoms with E-state index in [-0.39, 0.29) is 5.91 Å². The fourth-order valence-electron chi connectivity index (χ4n) is 4.95. The largest absolute Gasteiger partial charge is 0.368 e. The van der Waals surface area contributed by atoms with Crippen LogP contribution in [-0.2, 0) is 10.2 Å². The van der Waals surface area contributed by atoms with Crippen molar-refractivity contribution in [1.29, 1.82) is 0 Å². The lowest BCUT2D eigenvalue weighted by Gasteiger charge is -2.34. The average molecular weight is 448 g/mol. The van der Waals surface area contributed by atoms with E-state index in [4.69, 9.17) is 5.73 Å². The van der Waals surface area contributed by atoms with E-state index in [1.54, 1.807) is 0 Å². The molecule has 0 spiro atoms. The molecule has 0 aliphatic heterocycles. The number of carbonyl (C=O) groups excluding carboxylic acids is 1. The Morgan fingerprint density at radius 2 is 1.03 bits per heavy atom. The van der Waals surface area contributed by atoms with Gasteiger partial charge in [0.1, 0.15) is 5.41 Å². The van der Waals surface area contributed by atoms with Crippen LogP contribution in [0.25, 0.3) is 0 Å². The Morgan fingerprint density at radius 3 is 1.39 bits per heavy atom. The maximum atomic E-state index is 13.0. The molecule has 33 heavy (non-hydrogen) atoms. The summed E-state index contributed by atoms with van der Waals surface area (Å²) in [6.07, 6.45) is 18.0. The molecule has 1 amide bonds. The summed E-state index contributed by atoms with van der Waals surface area (Å²) < 4.78 is 0. The lowest BCUT2D eigenvalue weighted by atomic mass is 9.67. The molecule has 2 aromatic rings. The van der Waals surface area contributed by atoms with Crippen LogP contribution < -0.4 is 5.73 Å². The third-order valence-corrected chi connectivity index (χ3v) is 6.90. The summed E-state index contributed by atoms with van der Waals surface area (Å²) >= 11 is 0. The van der Waals surface area contributed by atoms with E-state index in [0.29, 0.717) is 0 Å². The fourth-order valence-corrected chi connectivity index (χ4v) is 4.95. The zero-order valence-corrected chi connectivity index (χ0v) is 20.9. The minimum absolute atomic E-state index is 0.348. The summed E-state index contributed by atoms with van der Waals surface area (Å²) in [5.41, 5.74) is 7.82. The second-order valence-corrected chi connectivity index (χ2v) is 9.44. The molecule has 0 saturated heterocycles. The Morgan fingerprint density at radius 1 is 0.667 bits per heavy atom. The van der Waals surface area contributed by atoms with Gasteiger partial charge in [0.05, 0.1) is 0 Å². The number of rotatable bonds is 18. The van der Waals surface area contributed by atoms with E-state index in [1.165, 1.54) is 77.0 Å². The Hall–Kier alpha value is -2.35. The number of nitrogens with two attached hydrogens (primary N) is 1. The van der Waals surface area contributed by atoms with Gasteiger partial charge in [-0.2, -0.15) is 0 Å². The lowest BCUT2D eigenvalue weighted by molar-refractivity contribution is -0.121. The number of hydrogen-bond donors (Lipinski definition) is 1. The maximum absolute atomic E-state index is 13.0. The molecular weight excluding hydrogens is 402 g/mol. The van der Waals surface area contributed by atoms with E-state index in [9.17, 15) is 4.79 Å². The van der Waals surface area contributed by atoms with Crippen molar-refractivity contribution < 1.29 is 4.79 Å². The van der Waals surface area contributed by atoms with Gasteiger partial charge in [-0.3, -0.25) is 4.79 Å². The highest BCUT2D eigenvalue weighted by molar-refractivity contribution is 5.94. The third kappa shape index (κ3) is 8.18. The highest BCUT2D eigenvalue weighted by Gasteiger charge is 2.42. The van der Waals surface area contributed by atoms with Gasteiger partial charge in [0.25, 0.3) is 0 Å². The lowest BCUT2D eigenvalue weighted by Crippen LogP contribution is -2.43. The maximum Gasteiger partial charge on any atom is 0.236 e. The first-order valence-corrected chi connectivity index (χ1v) is 13.2. The number of amides is 1. The number of benzene rings is 2. The van der Waals surface area contributed by atoms with E-state index in [2.05, 4.69) is 13.5 Å². The van der Waals surface area contributed by atoms with Crippen LogP contribution in [0.1, 0.15) is 108 Å². The molecule has 180 valence electrons. The van der Waals surface area contributed by atoms with Crippen LogP contribution in [-0.4, -0.2) is 5.91 Å². The van der Waals surface area contributed by atoms with E-state index in [1.807, 2.05) is 60.7 Å². The minimum Gasteiger partial charge on any atom is -0.368 e. The van der Waals surface area contributed by atoms with Crippen LogP contribution in [0, 0.1) is 0 Å². The van der Waals surface area contributed by atoms with Crippen LogP contribution in [0.2, 0.25) is 0 Å². The molecule has 0 radical (unpaired) electrons. The van der Waals surface area contributed by atoms with Gasteiger partial charge in [-0.1, -0.05) is 157 Å². The molecule has 0 aromatic heterocycles. The van der Waals surface area contributed by atoms with Crippen molar-refractivity contribution in [2.75, 3.05) is 0 Å². The molecule has 2 N–H and O–H groups in total. The second-order valence-electron chi connectivity index (χ2n) is 9.44. The Bertz CT molecular complexity index is 757. The zero-order chi connectivity index (χ0) is 23.8. The van der Waals surface area contributed by atoms with Crippen molar-refractivity contribution >= 4 is 5.91 Å². The number of hydrogen-bond acceptors (Lipinski definition) is 1. The van der Waals surface area contributed by atoms with Gasteiger partial charge in [-0.05, 0) is 24.0 Å². The molecule has 2 rings (SSSR count). The average Bonchev–Trinajstić information content (AvgIpc) is 2.83. The molecule has 0 atom stereocenters. The van der Waals surface area contributed by atoms with Gasteiger partial charge in [0, 0.05) is 0 Å².